The van der Waals surface area contributed by atoms with Gasteiger partial charge in [0.05, 0.1) is 18.3 Å². The van der Waals surface area contributed by atoms with Crippen molar-refractivity contribution in [3.05, 3.63) is 71.1 Å². The van der Waals surface area contributed by atoms with Crippen molar-refractivity contribution in [1.29, 1.82) is 0 Å². The number of nitrogens with zero attached hydrogens (tertiary/aromatic N) is 2. The Labute approximate surface area is 170 Å². The Morgan fingerprint density at radius 1 is 1.07 bits per heavy atom. The van der Waals surface area contributed by atoms with Gasteiger partial charge in [0, 0.05) is 12.6 Å². The first-order valence-electron chi connectivity index (χ1n) is 9.12. The van der Waals surface area contributed by atoms with Crippen molar-refractivity contribution in [1.82, 2.24) is 4.90 Å². The average molecular weight is 416 g/mol. The van der Waals surface area contributed by atoms with E-state index in [4.69, 9.17) is 4.74 Å². The quantitative estimate of drug-likeness (QED) is 0.728. The average Bonchev–Trinajstić information content (AvgIpc) is 3.16. The summed E-state index contributed by atoms with van der Waals surface area (Å²) in [6, 6.07) is 8.84. The summed E-state index contributed by atoms with van der Waals surface area (Å²) in [6.07, 6.45) is 1.77. The van der Waals surface area contributed by atoms with E-state index in [9.17, 15) is 18.4 Å². The second-order valence-corrected chi connectivity index (χ2v) is 7.72. The van der Waals surface area contributed by atoms with Gasteiger partial charge >= 0.3 is 6.03 Å². The molecule has 2 atom stereocenters. The summed E-state index contributed by atoms with van der Waals surface area (Å²) in [4.78, 5) is 28.8. The van der Waals surface area contributed by atoms with E-state index < -0.39 is 29.0 Å². The van der Waals surface area contributed by atoms with Crippen molar-refractivity contribution in [3.8, 4) is 5.75 Å². The predicted molar refractivity (Wildman–Crippen MR) is 107 cm³/mol. The molecule has 4 rings (SSSR count). The number of urea groups is 1. The molecule has 0 bridgehead atoms. The lowest BCUT2D eigenvalue weighted by molar-refractivity contribution is -0.119. The minimum absolute atomic E-state index is 0.0135. The van der Waals surface area contributed by atoms with Gasteiger partial charge in [-0.1, -0.05) is 6.08 Å². The third kappa shape index (κ3) is 3.72. The molecule has 2 aliphatic heterocycles. The molecule has 3 amide bonds. The van der Waals surface area contributed by atoms with E-state index in [0.29, 0.717) is 23.6 Å². The van der Waals surface area contributed by atoms with Crippen LogP contribution in [0.25, 0.3) is 0 Å². The van der Waals surface area contributed by atoms with Crippen LogP contribution in [0.3, 0.4) is 0 Å². The number of anilines is 1. The van der Waals surface area contributed by atoms with Crippen molar-refractivity contribution in [2.24, 2.45) is 0 Å². The number of carbonyl (C=O) groups excluding carboxylic acids is 2. The van der Waals surface area contributed by atoms with Gasteiger partial charge in [-0.2, -0.15) is 0 Å². The molecule has 5 nitrogen and oxygen atoms in total. The highest BCUT2D eigenvalue weighted by atomic mass is 32.2. The lowest BCUT2D eigenvalue weighted by Gasteiger charge is -2.41. The van der Waals surface area contributed by atoms with Crippen molar-refractivity contribution in [2.45, 2.75) is 24.8 Å². The minimum Gasteiger partial charge on any atom is -0.494 e. The molecule has 1 fully saturated rings. The molecule has 2 unspecified atom stereocenters. The monoisotopic (exact) mass is 416 g/mol. The molecule has 0 aromatic heterocycles. The number of carbonyl (C=O) groups is 2. The number of rotatable bonds is 5. The molecule has 0 aliphatic carbocycles. The van der Waals surface area contributed by atoms with Gasteiger partial charge in [-0.05, 0) is 54.3 Å². The Morgan fingerprint density at radius 3 is 2.41 bits per heavy atom. The molecule has 0 saturated carbocycles. The first-order chi connectivity index (χ1) is 14.0. The minimum atomic E-state index is -0.711. The van der Waals surface area contributed by atoms with Crippen LogP contribution in [-0.4, -0.2) is 34.7 Å². The Kier molecular flexibility index (Phi) is 5.27. The lowest BCUT2D eigenvalue weighted by Crippen LogP contribution is -2.61. The summed E-state index contributed by atoms with van der Waals surface area (Å²) < 4.78 is 32.6. The van der Waals surface area contributed by atoms with E-state index in [-0.39, 0.29) is 12.5 Å². The summed E-state index contributed by atoms with van der Waals surface area (Å²) in [5.74, 6) is -1.11. The van der Waals surface area contributed by atoms with Crippen molar-refractivity contribution >= 4 is 29.4 Å². The molecule has 2 aromatic rings. The molecule has 0 spiro atoms. The number of fused-ring (bicyclic) bond motifs is 1. The zero-order chi connectivity index (χ0) is 20.5. The summed E-state index contributed by atoms with van der Waals surface area (Å²) in [6.45, 7) is 2.36. The largest absolute Gasteiger partial charge is 0.494 e. The number of ether oxygens (including phenoxy) is 1. The molecule has 0 radical (unpaired) electrons. The molecule has 2 aliphatic rings. The van der Waals surface area contributed by atoms with Gasteiger partial charge in [0.2, 0.25) is 0 Å². The Morgan fingerprint density at radius 2 is 1.76 bits per heavy atom. The summed E-state index contributed by atoms with van der Waals surface area (Å²) in [5.41, 5.74) is 0.741. The van der Waals surface area contributed by atoms with Gasteiger partial charge in [-0.15, -0.1) is 11.8 Å². The molecule has 1 saturated heterocycles. The second kappa shape index (κ2) is 7.87. The van der Waals surface area contributed by atoms with E-state index in [2.05, 4.69) is 0 Å². The Bertz CT molecular complexity index is 960. The van der Waals surface area contributed by atoms with Crippen LogP contribution in [0, 0.1) is 11.6 Å². The maximum Gasteiger partial charge on any atom is 0.332 e. The van der Waals surface area contributed by atoms with Crippen LogP contribution >= 0.6 is 11.8 Å². The van der Waals surface area contributed by atoms with E-state index in [1.807, 2.05) is 6.92 Å². The van der Waals surface area contributed by atoms with E-state index in [0.717, 1.165) is 11.0 Å². The number of amides is 3. The van der Waals surface area contributed by atoms with Gasteiger partial charge < -0.3 is 9.64 Å². The standard InChI is InChI=1S/C21H18F2N2O3S/c1-2-28-17-5-3-16(4-6-17)25-20(26)19-18(7-8-29-19)24(21(25)27)12-13-9-14(22)11-15(23)10-13/h3-11,18-19H,2,12H2,1H3. The van der Waals surface area contributed by atoms with E-state index in [1.165, 1.54) is 28.8 Å². The summed E-state index contributed by atoms with van der Waals surface area (Å²) in [5, 5.41) is 1.28. The van der Waals surface area contributed by atoms with Crippen LogP contribution in [0.4, 0.5) is 19.3 Å². The van der Waals surface area contributed by atoms with Crippen LogP contribution in [0.2, 0.25) is 0 Å². The second-order valence-electron chi connectivity index (χ2n) is 6.66. The molecule has 0 N–H and O–H groups in total. The topological polar surface area (TPSA) is 49.9 Å². The van der Waals surface area contributed by atoms with Crippen LogP contribution in [0.1, 0.15) is 12.5 Å². The molecule has 2 heterocycles. The molecule has 29 heavy (non-hydrogen) atoms. The fourth-order valence-corrected chi connectivity index (χ4v) is 4.55. The third-order valence-corrected chi connectivity index (χ3v) is 5.84. The highest BCUT2D eigenvalue weighted by Gasteiger charge is 2.47. The molecular weight excluding hydrogens is 398 g/mol. The van der Waals surface area contributed by atoms with Crippen LogP contribution < -0.4 is 9.64 Å². The number of imide groups is 1. The number of hydrogen-bond acceptors (Lipinski definition) is 4. The molecular formula is C21H18F2N2O3S. The van der Waals surface area contributed by atoms with E-state index >= 15 is 0 Å². The normalized spacial score (nSPS) is 20.9. The van der Waals surface area contributed by atoms with Gasteiger partial charge in [0.15, 0.2) is 0 Å². The van der Waals surface area contributed by atoms with E-state index in [1.54, 1.807) is 35.7 Å². The van der Waals surface area contributed by atoms with Gasteiger partial charge in [0.1, 0.15) is 22.6 Å². The van der Waals surface area contributed by atoms with Gasteiger partial charge in [-0.25, -0.2) is 18.5 Å². The molecule has 150 valence electrons. The van der Waals surface area contributed by atoms with Crippen LogP contribution in [0.15, 0.2) is 53.9 Å². The number of hydrogen-bond donors (Lipinski definition) is 0. The zero-order valence-corrected chi connectivity index (χ0v) is 16.4. The SMILES string of the molecule is CCOc1ccc(N2C(=O)C3SC=CC3N(Cc3cc(F)cc(F)c3)C2=O)cc1. The number of benzene rings is 2. The zero-order valence-electron chi connectivity index (χ0n) is 15.5. The highest BCUT2D eigenvalue weighted by molar-refractivity contribution is 8.03. The first-order valence-corrected chi connectivity index (χ1v) is 10.1. The van der Waals surface area contributed by atoms with Gasteiger partial charge in [-0.3, -0.25) is 4.79 Å². The van der Waals surface area contributed by atoms with Crippen molar-refractivity contribution in [3.63, 3.8) is 0 Å². The van der Waals surface area contributed by atoms with Gasteiger partial charge in [0.25, 0.3) is 5.91 Å². The summed E-state index contributed by atoms with van der Waals surface area (Å²) >= 11 is 1.33. The lowest BCUT2D eigenvalue weighted by atomic mass is 10.1. The molecule has 2 aromatic carbocycles. The van der Waals surface area contributed by atoms with Crippen molar-refractivity contribution < 1.29 is 23.1 Å². The maximum atomic E-state index is 13.6. The first kappa shape index (κ1) is 19.4. The Balaban J connectivity index is 1.66. The fraction of sp³-hybridized carbons (Fsp3) is 0.238. The summed E-state index contributed by atoms with van der Waals surface area (Å²) in [7, 11) is 0. The number of thioether (sulfide) groups is 1. The number of halogens is 2. The molecule has 8 heteroatoms. The maximum absolute atomic E-state index is 13.6. The predicted octanol–water partition coefficient (Wildman–Crippen LogP) is 4.33. The van der Waals surface area contributed by atoms with Crippen LogP contribution in [0.5, 0.6) is 5.75 Å². The fourth-order valence-electron chi connectivity index (χ4n) is 3.51. The Hall–Kier alpha value is -2.87. The third-order valence-electron chi connectivity index (χ3n) is 4.75. The van der Waals surface area contributed by atoms with Crippen LogP contribution in [-0.2, 0) is 11.3 Å². The van der Waals surface area contributed by atoms with Crippen molar-refractivity contribution in [2.75, 3.05) is 11.5 Å². The highest BCUT2D eigenvalue weighted by Crippen LogP contribution is 2.37. The smallest absolute Gasteiger partial charge is 0.332 e.